The molecule has 120 valence electrons. The van der Waals surface area contributed by atoms with Crippen LogP contribution in [0, 0.1) is 13.8 Å². The highest BCUT2D eigenvalue weighted by Crippen LogP contribution is 2.19. The second-order valence-corrected chi connectivity index (χ2v) is 5.53. The molecule has 2 N–H and O–H groups in total. The fraction of sp³-hybridized carbons (Fsp3) is 0.263. The molecule has 2 amide bonds. The van der Waals surface area contributed by atoms with Crippen LogP contribution < -0.4 is 10.6 Å². The third-order valence-corrected chi connectivity index (χ3v) is 3.80. The molecule has 0 bridgehead atoms. The van der Waals surface area contributed by atoms with E-state index >= 15 is 0 Å². The van der Waals surface area contributed by atoms with Crippen molar-refractivity contribution >= 4 is 17.5 Å². The quantitative estimate of drug-likeness (QED) is 0.884. The Morgan fingerprint density at radius 3 is 2.13 bits per heavy atom. The number of anilines is 1. The monoisotopic (exact) mass is 310 g/mol. The van der Waals surface area contributed by atoms with Crippen LogP contribution >= 0.6 is 0 Å². The third kappa shape index (κ3) is 4.19. The van der Waals surface area contributed by atoms with E-state index in [1.165, 1.54) is 0 Å². The summed E-state index contributed by atoms with van der Waals surface area (Å²) in [6.07, 6.45) is 0.891. The van der Waals surface area contributed by atoms with Crippen molar-refractivity contribution in [2.24, 2.45) is 0 Å². The molecule has 23 heavy (non-hydrogen) atoms. The van der Waals surface area contributed by atoms with Crippen molar-refractivity contribution in [3.05, 3.63) is 64.7 Å². The molecule has 0 spiro atoms. The zero-order valence-electron chi connectivity index (χ0n) is 13.8. The smallest absolute Gasteiger partial charge is 0.255 e. The lowest BCUT2D eigenvalue weighted by molar-refractivity contribution is 0.0951. The average molecular weight is 310 g/mol. The Labute approximate surface area is 136 Å². The molecule has 0 heterocycles. The van der Waals surface area contributed by atoms with Gasteiger partial charge in [0.25, 0.3) is 11.8 Å². The summed E-state index contributed by atoms with van der Waals surface area (Å²) in [4.78, 5) is 24.2. The van der Waals surface area contributed by atoms with Crippen LogP contribution in [0.1, 0.15) is 45.2 Å². The topological polar surface area (TPSA) is 58.2 Å². The Balaban J connectivity index is 2.08. The molecule has 0 aliphatic heterocycles. The van der Waals surface area contributed by atoms with Gasteiger partial charge < -0.3 is 10.6 Å². The number of carbonyl (C=O) groups is 2. The molecular formula is C19H22N2O2. The summed E-state index contributed by atoms with van der Waals surface area (Å²) >= 11 is 0. The molecule has 0 fully saturated rings. The van der Waals surface area contributed by atoms with Crippen LogP contribution in [0.3, 0.4) is 0 Å². The van der Waals surface area contributed by atoms with E-state index in [4.69, 9.17) is 0 Å². The second kappa shape index (κ2) is 7.58. The van der Waals surface area contributed by atoms with Crippen molar-refractivity contribution in [3.63, 3.8) is 0 Å². The van der Waals surface area contributed by atoms with E-state index < -0.39 is 0 Å². The highest BCUT2D eigenvalue weighted by Gasteiger charge is 2.10. The van der Waals surface area contributed by atoms with Gasteiger partial charge in [-0.1, -0.05) is 19.1 Å². The first-order valence-corrected chi connectivity index (χ1v) is 7.78. The van der Waals surface area contributed by atoms with Gasteiger partial charge >= 0.3 is 0 Å². The molecule has 2 rings (SSSR count). The SMILES string of the molecule is CCCNC(=O)c1ccc(C(=O)Nc2cccc(C)c2C)cc1. The van der Waals surface area contributed by atoms with Gasteiger partial charge in [-0.3, -0.25) is 9.59 Å². The maximum Gasteiger partial charge on any atom is 0.255 e. The van der Waals surface area contributed by atoms with E-state index in [9.17, 15) is 9.59 Å². The molecule has 0 atom stereocenters. The summed E-state index contributed by atoms with van der Waals surface area (Å²) < 4.78 is 0. The molecule has 4 nitrogen and oxygen atoms in total. The lowest BCUT2D eigenvalue weighted by Crippen LogP contribution is -2.24. The van der Waals surface area contributed by atoms with E-state index in [1.807, 2.05) is 39.0 Å². The van der Waals surface area contributed by atoms with Crippen molar-refractivity contribution in [2.45, 2.75) is 27.2 Å². The molecule has 0 saturated carbocycles. The Morgan fingerprint density at radius 1 is 0.913 bits per heavy atom. The first kappa shape index (κ1) is 16.7. The van der Waals surface area contributed by atoms with Gasteiger partial charge in [0.2, 0.25) is 0 Å². The Hall–Kier alpha value is -2.62. The second-order valence-electron chi connectivity index (χ2n) is 5.53. The van der Waals surface area contributed by atoms with Gasteiger partial charge in [-0.05, 0) is 61.7 Å². The van der Waals surface area contributed by atoms with E-state index in [2.05, 4.69) is 10.6 Å². The van der Waals surface area contributed by atoms with Gasteiger partial charge in [0.1, 0.15) is 0 Å². The summed E-state index contributed by atoms with van der Waals surface area (Å²) in [6, 6.07) is 12.5. The molecule has 0 aliphatic carbocycles. The number of hydrogen-bond acceptors (Lipinski definition) is 2. The highest BCUT2D eigenvalue weighted by atomic mass is 16.2. The molecule has 0 aliphatic rings. The molecular weight excluding hydrogens is 288 g/mol. The summed E-state index contributed by atoms with van der Waals surface area (Å²) in [7, 11) is 0. The number of aryl methyl sites for hydroxylation is 1. The number of carbonyl (C=O) groups excluding carboxylic acids is 2. The molecule has 2 aromatic carbocycles. The van der Waals surface area contributed by atoms with Crippen LogP contribution in [0.2, 0.25) is 0 Å². The highest BCUT2D eigenvalue weighted by molar-refractivity contribution is 6.05. The molecule has 0 aromatic heterocycles. The maximum atomic E-state index is 12.3. The summed E-state index contributed by atoms with van der Waals surface area (Å²) in [5.74, 6) is -0.299. The van der Waals surface area contributed by atoms with Gasteiger partial charge in [-0.15, -0.1) is 0 Å². The van der Waals surface area contributed by atoms with Gasteiger partial charge in [0.05, 0.1) is 0 Å². The third-order valence-electron chi connectivity index (χ3n) is 3.80. The fourth-order valence-electron chi connectivity index (χ4n) is 2.19. The van der Waals surface area contributed by atoms with Gasteiger partial charge in [-0.25, -0.2) is 0 Å². The summed E-state index contributed by atoms with van der Waals surface area (Å²) in [5.41, 5.74) is 4.07. The van der Waals surface area contributed by atoms with Crippen LogP contribution in [0.25, 0.3) is 0 Å². The minimum absolute atomic E-state index is 0.117. The number of rotatable bonds is 5. The largest absolute Gasteiger partial charge is 0.352 e. The first-order valence-electron chi connectivity index (χ1n) is 7.78. The first-order chi connectivity index (χ1) is 11.0. The maximum absolute atomic E-state index is 12.3. The zero-order chi connectivity index (χ0) is 16.8. The number of benzene rings is 2. The summed E-state index contributed by atoms with van der Waals surface area (Å²) in [5, 5.41) is 5.72. The van der Waals surface area contributed by atoms with Crippen molar-refractivity contribution in [1.82, 2.24) is 5.32 Å². The van der Waals surface area contributed by atoms with Crippen LogP contribution in [0.5, 0.6) is 0 Å². The van der Waals surface area contributed by atoms with Gasteiger partial charge in [-0.2, -0.15) is 0 Å². The van der Waals surface area contributed by atoms with E-state index in [1.54, 1.807) is 24.3 Å². The minimum atomic E-state index is -0.181. The fourth-order valence-corrected chi connectivity index (χ4v) is 2.19. The normalized spacial score (nSPS) is 10.2. The van der Waals surface area contributed by atoms with Crippen LogP contribution in [-0.4, -0.2) is 18.4 Å². The van der Waals surface area contributed by atoms with Crippen molar-refractivity contribution < 1.29 is 9.59 Å². The van der Waals surface area contributed by atoms with Crippen molar-refractivity contribution in [3.8, 4) is 0 Å². The molecule has 0 radical (unpaired) electrons. The average Bonchev–Trinajstić information content (AvgIpc) is 2.57. The van der Waals surface area contributed by atoms with Crippen molar-refractivity contribution in [1.29, 1.82) is 0 Å². The number of amides is 2. The van der Waals surface area contributed by atoms with E-state index in [-0.39, 0.29) is 11.8 Å². The Kier molecular flexibility index (Phi) is 5.52. The Morgan fingerprint density at radius 2 is 1.52 bits per heavy atom. The van der Waals surface area contributed by atoms with Crippen LogP contribution in [-0.2, 0) is 0 Å². The van der Waals surface area contributed by atoms with Gasteiger partial charge in [0, 0.05) is 23.4 Å². The minimum Gasteiger partial charge on any atom is -0.352 e. The number of nitrogens with one attached hydrogen (secondary N) is 2. The van der Waals surface area contributed by atoms with Gasteiger partial charge in [0.15, 0.2) is 0 Å². The van der Waals surface area contributed by atoms with E-state index in [0.29, 0.717) is 17.7 Å². The molecule has 2 aromatic rings. The Bertz CT molecular complexity index is 706. The summed E-state index contributed by atoms with van der Waals surface area (Å²) in [6.45, 7) is 6.63. The lowest BCUT2D eigenvalue weighted by atomic mass is 10.1. The lowest BCUT2D eigenvalue weighted by Gasteiger charge is -2.10. The van der Waals surface area contributed by atoms with E-state index in [0.717, 1.165) is 23.2 Å². The predicted molar refractivity (Wildman–Crippen MR) is 92.9 cm³/mol. The van der Waals surface area contributed by atoms with Crippen LogP contribution in [0.15, 0.2) is 42.5 Å². The zero-order valence-corrected chi connectivity index (χ0v) is 13.8. The number of hydrogen-bond donors (Lipinski definition) is 2. The van der Waals surface area contributed by atoms with Crippen LogP contribution in [0.4, 0.5) is 5.69 Å². The van der Waals surface area contributed by atoms with Crippen molar-refractivity contribution in [2.75, 3.05) is 11.9 Å². The molecule has 4 heteroatoms. The molecule has 0 saturated heterocycles. The predicted octanol–water partition coefficient (Wildman–Crippen LogP) is 3.70. The standard InChI is InChI=1S/C19H22N2O2/c1-4-12-20-18(22)15-8-10-16(11-9-15)19(23)21-17-7-5-6-13(2)14(17)3/h5-11H,4,12H2,1-3H3,(H,20,22)(H,21,23). The molecule has 0 unspecified atom stereocenters.